The summed E-state index contributed by atoms with van der Waals surface area (Å²) in [5, 5.41) is 9.63. The summed E-state index contributed by atoms with van der Waals surface area (Å²) < 4.78 is 1.48. The first-order valence-corrected chi connectivity index (χ1v) is 5.02. The summed E-state index contributed by atoms with van der Waals surface area (Å²) in [5.74, 6) is -1.06. The first-order valence-electron chi connectivity index (χ1n) is 5.02. The van der Waals surface area contributed by atoms with E-state index in [1.807, 2.05) is 0 Å². The Bertz CT molecular complexity index is 530. The summed E-state index contributed by atoms with van der Waals surface area (Å²) >= 11 is 0. The van der Waals surface area contributed by atoms with Crippen molar-refractivity contribution in [3.63, 3.8) is 0 Å². The number of hydrogen-bond acceptors (Lipinski definition) is 4. The van der Waals surface area contributed by atoms with Crippen LogP contribution in [0.2, 0.25) is 0 Å². The van der Waals surface area contributed by atoms with E-state index in [9.17, 15) is 19.5 Å². The Labute approximate surface area is 91.3 Å². The zero-order valence-corrected chi connectivity index (χ0v) is 8.77. The van der Waals surface area contributed by atoms with Crippen molar-refractivity contribution in [1.29, 1.82) is 0 Å². The number of carbonyl (C=O) groups is 2. The second-order valence-corrected chi connectivity index (χ2v) is 3.98. The fourth-order valence-corrected chi connectivity index (χ4v) is 1.89. The Morgan fingerprint density at radius 1 is 1.50 bits per heavy atom. The number of pyridine rings is 1. The number of aromatic nitrogens is 1. The Hall–Kier alpha value is -1.91. The average Bonchev–Trinajstić information content (AvgIpc) is 2.28. The minimum atomic E-state index is -0.774. The molecule has 1 unspecified atom stereocenters. The van der Waals surface area contributed by atoms with Crippen molar-refractivity contribution in [3.05, 3.63) is 27.7 Å². The molecule has 0 spiro atoms. The van der Waals surface area contributed by atoms with Gasteiger partial charge in [-0.25, -0.2) is 0 Å². The van der Waals surface area contributed by atoms with E-state index in [4.69, 9.17) is 0 Å². The van der Waals surface area contributed by atoms with Gasteiger partial charge in [0.15, 0.2) is 17.8 Å². The summed E-state index contributed by atoms with van der Waals surface area (Å²) in [4.78, 5) is 33.9. The molecule has 0 saturated carbocycles. The largest absolute Gasteiger partial charge is 0.503 e. The van der Waals surface area contributed by atoms with Gasteiger partial charge in [0.05, 0.1) is 5.56 Å². The molecule has 0 bridgehead atoms. The van der Waals surface area contributed by atoms with E-state index in [1.165, 1.54) is 10.8 Å². The zero-order chi connectivity index (χ0) is 11.9. The molecule has 2 heterocycles. The lowest BCUT2D eigenvalue weighted by atomic mass is 9.94. The zero-order valence-electron chi connectivity index (χ0n) is 8.77. The number of rotatable bonds is 1. The van der Waals surface area contributed by atoms with E-state index >= 15 is 0 Å². The number of Topliss-reactive ketones (excluding diaryl/α,β-unsaturated/α-hetero) is 1. The molecule has 2 rings (SSSR count). The van der Waals surface area contributed by atoms with Gasteiger partial charge >= 0.3 is 0 Å². The number of hydrogen-bond donors (Lipinski definition) is 1. The Morgan fingerprint density at radius 2 is 2.19 bits per heavy atom. The third-order valence-corrected chi connectivity index (χ3v) is 2.89. The molecule has 1 atom stereocenters. The second kappa shape index (κ2) is 3.59. The minimum Gasteiger partial charge on any atom is -0.503 e. The number of aromatic hydroxyl groups is 1. The topological polar surface area (TPSA) is 76.4 Å². The van der Waals surface area contributed by atoms with Crippen LogP contribution in [0.4, 0.5) is 0 Å². The normalized spacial score (nSPS) is 19.3. The maximum atomic E-state index is 11.8. The van der Waals surface area contributed by atoms with E-state index in [2.05, 4.69) is 0 Å². The summed E-state index contributed by atoms with van der Waals surface area (Å²) in [6, 6.07) is 0. The lowest BCUT2D eigenvalue weighted by Gasteiger charge is -2.23. The molecule has 0 radical (unpaired) electrons. The van der Waals surface area contributed by atoms with Crippen LogP contribution < -0.4 is 5.43 Å². The van der Waals surface area contributed by atoms with Crippen LogP contribution in [-0.2, 0) is 6.54 Å². The molecule has 0 aliphatic carbocycles. The van der Waals surface area contributed by atoms with Gasteiger partial charge < -0.3 is 9.67 Å². The highest BCUT2D eigenvalue weighted by Gasteiger charge is 2.28. The molecule has 1 aromatic heterocycles. The highest BCUT2D eigenvalue weighted by atomic mass is 16.3. The smallest absolute Gasteiger partial charge is 0.234 e. The van der Waals surface area contributed by atoms with Crippen molar-refractivity contribution in [3.8, 4) is 5.75 Å². The van der Waals surface area contributed by atoms with Crippen LogP contribution in [0.1, 0.15) is 34.2 Å². The van der Waals surface area contributed by atoms with Crippen molar-refractivity contribution in [2.75, 3.05) is 0 Å². The van der Waals surface area contributed by atoms with Crippen molar-refractivity contribution >= 4 is 12.1 Å². The highest BCUT2D eigenvalue weighted by molar-refractivity contribution is 5.99. The number of carbonyl (C=O) groups excluding carboxylic acids is 2. The summed E-state index contributed by atoms with van der Waals surface area (Å²) in [6.45, 7) is 2.28. The third-order valence-electron chi connectivity index (χ3n) is 2.89. The molecule has 16 heavy (non-hydrogen) atoms. The van der Waals surface area contributed by atoms with E-state index in [0.29, 0.717) is 19.3 Å². The third kappa shape index (κ3) is 1.36. The molecule has 5 heteroatoms. The molecule has 5 nitrogen and oxygen atoms in total. The second-order valence-electron chi connectivity index (χ2n) is 3.98. The van der Waals surface area contributed by atoms with Gasteiger partial charge in [0.2, 0.25) is 5.43 Å². The first kappa shape index (κ1) is 10.6. The standard InChI is InChI=1S/C11H11NO4/c1-6-2-3-12-4-7(5-13)10(15)11(16)8(12)9(6)14/h4-6,16H,2-3H2,1H3. The fraction of sp³-hybridized carbons (Fsp3) is 0.364. The summed E-state index contributed by atoms with van der Waals surface area (Å²) in [5.41, 5.74) is -0.873. The van der Waals surface area contributed by atoms with Crippen molar-refractivity contribution < 1.29 is 14.7 Å². The molecular weight excluding hydrogens is 210 g/mol. The van der Waals surface area contributed by atoms with Gasteiger partial charge in [-0.1, -0.05) is 6.92 Å². The lowest BCUT2D eigenvalue weighted by Crippen LogP contribution is -2.29. The van der Waals surface area contributed by atoms with Crippen molar-refractivity contribution in [2.45, 2.75) is 19.9 Å². The van der Waals surface area contributed by atoms with Gasteiger partial charge in [-0.15, -0.1) is 0 Å². The van der Waals surface area contributed by atoms with Gasteiger partial charge in [-0.05, 0) is 6.42 Å². The Morgan fingerprint density at radius 3 is 2.81 bits per heavy atom. The molecule has 0 saturated heterocycles. The molecule has 0 fully saturated rings. The maximum Gasteiger partial charge on any atom is 0.234 e. The predicted octanol–water partition coefficient (Wildman–Crippen LogP) is 0.589. The van der Waals surface area contributed by atoms with Gasteiger partial charge in [0.25, 0.3) is 0 Å². The lowest BCUT2D eigenvalue weighted by molar-refractivity contribution is 0.0883. The van der Waals surface area contributed by atoms with E-state index < -0.39 is 11.2 Å². The SMILES string of the molecule is CC1CCn2cc(C=O)c(=O)c(O)c2C1=O. The average molecular weight is 221 g/mol. The number of fused-ring (bicyclic) bond motifs is 1. The van der Waals surface area contributed by atoms with E-state index in [0.717, 1.165) is 0 Å². The Balaban J connectivity index is 2.74. The van der Waals surface area contributed by atoms with Crippen LogP contribution in [0.15, 0.2) is 11.0 Å². The summed E-state index contributed by atoms with van der Waals surface area (Å²) in [7, 11) is 0. The van der Waals surface area contributed by atoms with Gasteiger partial charge in [-0.2, -0.15) is 0 Å². The number of nitrogens with zero attached hydrogens (tertiary/aromatic N) is 1. The van der Waals surface area contributed by atoms with Gasteiger partial charge in [0, 0.05) is 18.7 Å². The quantitative estimate of drug-likeness (QED) is 0.704. The van der Waals surface area contributed by atoms with Crippen LogP contribution in [-0.4, -0.2) is 21.7 Å². The first-order chi connectivity index (χ1) is 7.56. The molecule has 1 aliphatic rings. The van der Waals surface area contributed by atoms with Gasteiger partial charge in [-0.3, -0.25) is 14.4 Å². The maximum absolute atomic E-state index is 11.8. The van der Waals surface area contributed by atoms with Crippen LogP contribution in [0, 0.1) is 5.92 Å². The highest BCUT2D eigenvalue weighted by Crippen LogP contribution is 2.24. The number of aldehydes is 1. The van der Waals surface area contributed by atoms with Crippen molar-refractivity contribution in [1.82, 2.24) is 4.57 Å². The molecular formula is C11H11NO4. The van der Waals surface area contributed by atoms with Gasteiger partial charge in [0.1, 0.15) is 5.69 Å². The predicted molar refractivity (Wildman–Crippen MR) is 55.9 cm³/mol. The van der Waals surface area contributed by atoms with Crippen LogP contribution in [0.5, 0.6) is 5.75 Å². The van der Waals surface area contributed by atoms with Crippen LogP contribution in [0.3, 0.4) is 0 Å². The van der Waals surface area contributed by atoms with Crippen LogP contribution >= 0.6 is 0 Å². The molecule has 0 amide bonds. The molecule has 0 aromatic carbocycles. The fourth-order valence-electron chi connectivity index (χ4n) is 1.89. The molecule has 1 aliphatic heterocycles. The Kier molecular flexibility index (Phi) is 2.38. The van der Waals surface area contributed by atoms with E-state index in [1.54, 1.807) is 6.92 Å². The number of ketones is 1. The van der Waals surface area contributed by atoms with Crippen molar-refractivity contribution in [2.24, 2.45) is 5.92 Å². The number of aryl methyl sites for hydroxylation is 1. The van der Waals surface area contributed by atoms with Crippen LogP contribution in [0.25, 0.3) is 0 Å². The van der Waals surface area contributed by atoms with E-state index in [-0.39, 0.29) is 23.0 Å². The monoisotopic (exact) mass is 221 g/mol. The molecule has 84 valence electrons. The molecule has 1 aromatic rings. The minimum absolute atomic E-state index is 0.0225. The summed E-state index contributed by atoms with van der Waals surface area (Å²) in [6.07, 6.45) is 2.36. The molecule has 1 N–H and O–H groups in total.